The quantitative estimate of drug-likeness (QED) is 0.898. The van der Waals surface area contributed by atoms with Crippen LogP contribution in [-0.2, 0) is 13.2 Å². The Kier molecular flexibility index (Phi) is 4.22. The van der Waals surface area contributed by atoms with Crippen molar-refractivity contribution in [3.05, 3.63) is 47.3 Å². The molecule has 0 saturated carbocycles. The second-order valence-electron chi connectivity index (χ2n) is 4.82. The summed E-state index contributed by atoms with van der Waals surface area (Å²) in [7, 11) is 0. The molecule has 0 bridgehead atoms. The van der Waals surface area contributed by atoms with E-state index in [0.29, 0.717) is 6.61 Å². The Balaban J connectivity index is 2.10. The van der Waals surface area contributed by atoms with Gasteiger partial charge in [-0.25, -0.2) is 0 Å². The van der Waals surface area contributed by atoms with Gasteiger partial charge in [0.25, 0.3) is 0 Å². The molecule has 1 aromatic heterocycles. The molecule has 0 amide bonds. The van der Waals surface area contributed by atoms with Gasteiger partial charge in [0.1, 0.15) is 12.4 Å². The molecule has 2 aromatic rings. The van der Waals surface area contributed by atoms with E-state index in [2.05, 4.69) is 25.0 Å². The summed E-state index contributed by atoms with van der Waals surface area (Å²) < 4.78 is 7.75. The standard InChI is InChI=1S/C15H21N3O/c1-4-18-9-13(8-17-18)10-19-15-6-5-11(2)7-14(15)12(3)16/h5-9,12H,4,10,16H2,1-3H3/t12-/m0/s1. The van der Waals surface area contributed by atoms with E-state index >= 15 is 0 Å². The van der Waals surface area contributed by atoms with Crippen LogP contribution >= 0.6 is 0 Å². The number of nitrogens with two attached hydrogens (primary N) is 1. The second-order valence-corrected chi connectivity index (χ2v) is 4.82. The molecule has 4 nitrogen and oxygen atoms in total. The average molecular weight is 259 g/mol. The minimum absolute atomic E-state index is 0.0340. The van der Waals surface area contributed by atoms with Crippen LogP contribution in [0.15, 0.2) is 30.6 Å². The number of hydrogen-bond acceptors (Lipinski definition) is 3. The van der Waals surface area contributed by atoms with Gasteiger partial charge in [-0.15, -0.1) is 0 Å². The van der Waals surface area contributed by atoms with Gasteiger partial charge in [0.15, 0.2) is 0 Å². The molecule has 0 fully saturated rings. The van der Waals surface area contributed by atoms with Crippen molar-refractivity contribution in [2.45, 2.75) is 40.0 Å². The van der Waals surface area contributed by atoms with Crippen molar-refractivity contribution in [3.8, 4) is 5.75 Å². The molecule has 102 valence electrons. The third-order valence-corrected chi connectivity index (χ3v) is 3.06. The first-order valence-corrected chi connectivity index (χ1v) is 6.60. The SMILES string of the molecule is CCn1cc(COc2ccc(C)cc2[C@H](C)N)cn1. The maximum absolute atomic E-state index is 5.98. The van der Waals surface area contributed by atoms with E-state index in [1.165, 1.54) is 5.56 Å². The van der Waals surface area contributed by atoms with E-state index in [1.807, 2.05) is 36.1 Å². The van der Waals surface area contributed by atoms with Gasteiger partial charge >= 0.3 is 0 Å². The minimum atomic E-state index is -0.0340. The van der Waals surface area contributed by atoms with Gasteiger partial charge < -0.3 is 10.5 Å². The fourth-order valence-corrected chi connectivity index (χ4v) is 1.97. The van der Waals surface area contributed by atoms with Crippen LogP contribution < -0.4 is 10.5 Å². The predicted octanol–water partition coefficient (Wildman–Crippen LogP) is 2.81. The number of ether oxygens (including phenoxy) is 1. The van der Waals surface area contributed by atoms with Crippen molar-refractivity contribution in [3.63, 3.8) is 0 Å². The zero-order valence-corrected chi connectivity index (χ0v) is 11.8. The van der Waals surface area contributed by atoms with Crippen LogP contribution in [0.2, 0.25) is 0 Å². The van der Waals surface area contributed by atoms with Gasteiger partial charge in [-0.3, -0.25) is 4.68 Å². The number of nitrogens with zero attached hydrogens (tertiary/aromatic N) is 2. The third kappa shape index (κ3) is 3.35. The van der Waals surface area contributed by atoms with Crippen LogP contribution in [0.1, 0.15) is 36.6 Å². The number of benzene rings is 1. The Morgan fingerprint density at radius 3 is 2.84 bits per heavy atom. The molecular formula is C15H21N3O. The van der Waals surface area contributed by atoms with Crippen LogP contribution in [0.3, 0.4) is 0 Å². The molecule has 2 N–H and O–H groups in total. The molecule has 1 aromatic carbocycles. The highest BCUT2D eigenvalue weighted by Gasteiger charge is 2.09. The highest BCUT2D eigenvalue weighted by atomic mass is 16.5. The fourth-order valence-electron chi connectivity index (χ4n) is 1.97. The maximum atomic E-state index is 5.98. The molecule has 0 radical (unpaired) electrons. The van der Waals surface area contributed by atoms with Gasteiger partial charge in [-0.05, 0) is 26.8 Å². The fraction of sp³-hybridized carbons (Fsp3) is 0.400. The summed E-state index contributed by atoms with van der Waals surface area (Å²) in [6, 6.07) is 6.07. The Bertz CT molecular complexity index is 546. The largest absolute Gasteiger partial charge is 0.488 e. The smallest absolute Gasteiger partial charge is 0.124 e. The van der Waals surface area contributed by atoms with Crippen LogP contribution in [-0.4, -0.2) is 9.78 Å². The van der Waals surface area contributed by atoms with Crippen molar-refractivity contribution in [2.75, 3.05) is 0 Å². The van der Waals surface area contributed by atoms with E-state index in [0.717, 1.165) is 23.4 Å². The zero-order valence-electron chi connectivity index (χ0n) is 11.8. The third-order valence-electron chi connectivity index (χ3n) is 3.06. The molecule has 1 heterocycles. The number of aromatic nitrogens is 2. The first-order chi connectivity index (χ1) is 9.10. The molecule has 0 unspecified atom stereocenters. The molecule has 2 rings (SSSR count). The molecule has 19 heavy (non-hydrogen) atoms. The van der Waals surface area contributed by atoms with Gasteiger partial charge in [-0.1, -0.05) is 17.7 Å². The van der Waals surface area contributed by atoms with E-state index in [1.54, 1.807) is 0 Å². The summed E-state index contributed by atoms with van der Waals surface area (Å²) in [5, 5.41) is 4.23. The van der Waals surface area contributed by atoms with Crippen LogP contribution in [0.4, 0.5) is 0 Å². The Morgan fingerprint density at radius 2 is 2.21 bits per heavy atom. The van der Waals surface area contributed by atoms with E-state index in [4.69, 9.17) is 10.5 Å². The van der Waals surface area contributed by atoms with E-state index in [-0.39, 0.29) is 6.04 Å². The monoisotopic (exact) mass is 259 g/mol. The number of rotatable bonds is 5. The van der Waals surface area contributed by atoms with Crippen molar-refractivity contribution in [2.24, 2.45) is 5.73 Å². The summed E-state index contributed by atoms with van der Waals surface area (Å²) in [5.41, 5.74) is 9.29. The molecule has 0 spiro atoms. The second kappa shape index (κ2) is 5.89. The van der Waals surface area contributed by atoms with E-state index in [9.17, 15) is 0 Å². The Labute approximate surface area is 114 Å². The molecule has 0 aliphatic carbocycles. The van der Waals surface area contributed by atoms with Gasteiger partial charge in [0.05, 0.1) is 6.20 Å². The van der Waals surface area contributed by atoms with Gasteiger partial charge in [0, 0.05) is 29.9 Å². The normalized spacial score (nSPS) is 12.4. The molecular weight excluding hydrogens is 238 g/mol. The summed E-state index contributed by atoms with van der Waals surface area (Å²) in [5.74, 6) is 0.852. The lowest BCUT2D eigenvalue weighted by Crippen LogP contribution is -2.08. The van der Waals surface area contributed by atoms with Crippen molar-refractivity contribution < 1.29 is 4.74 Å². The number of hydrogen-bond donors (Lipinski definition) is 1. The van der Waals surface area contributed by atoms with Gasteiger partial charge in [0.2, 0.25) is 0 Å². The van der Waals surface area contributed by atoms with Crippen LogP contribution in [0.5, 0.6) is 5.75 Å². The minimum Gasteiger partial charge on any atom is -0.488 e. The van der Waals surface area contributed by atoms with Crippen molar-refractivity contribution in [1.82, 2.24) is 9.78 Å². The van der Waals surface area contributed by atoms with Crippen molar-refractivity contribution >= 4 is 0 Å². The summed E-state index contributed by atoms with van der Waals surface area (Å²) in [4.78, 5) is 0. The molecule has 1 atom stereocenters. The predicted molar refractivity (Wildman–Crippen MR) is 76.0 cm³/mol. The summed E-state index contributed by atoms with van der Waals surface area (Å²) in [6.45, 7) is 7.47. The molecule has 4 heteroatoms. The average Bonchev–Trinajstić information content (AvgIpc) is 2.85. The lowest BCUT2D eigenvalue weighted by Gasteiger charge is -2.14. The van der Waals surface area contributed by atoms with E-state index < -0.39 is 0 Å². The first kappa shape index (κ1) is 13.6. The Hall–Kier alpha value is -1.81. The van der Waals surface area contributed by atoms with Crippen molar-refractivity contribution in [1.29, 1.82) is 0 Å². The summed E-state index contributed by atoms with van der Waals surface area (Å²) in [6.07, 6.45) is 3.84. The first-order valence-electron chi connectivity index (χ1n) is 6.60. The topological polar surface area (TPSA) is 53.1 Å². The molecule has 0 aliphatic heterocycles. The summed E-state index contributed by atoms with van der Waals surface area (Å²) >= 11 is 0. The Morgan fingerprint density at radius 1 is 1.42 bits per heavy atom. The lowest BCUT2D eigenvalue weighted by molar-refractivity contribution is 0.301. The highest BCUT2D eigenvalue weighted by molar-refractivity contribution is 5.38. The maximum Gasteiger partial charge on any atom is 0.124 e. The van der Waals surface area contributed by atoms with Crippen LogP contribution in [0.25, 0.3) is 0 Å². The van der Waals surface area contributed by atoms with Crippen LogP contribution in [0, 0.1) is 6.92 Å². The number of aryl methyl sites for hydroxylation is 2. The zero-order chi connectivity index (χ0) is 13.8. The molecule has 0 aliphatic rings. The molecule has 0 saturated heterocycles. The van der Waals surface area contributed by atoms with Gasteiger partial charge in [-0.2, -0.15) is 5.10 Å². The highest BCUT2D eigenvalue weighted by Crippen LogP contribution is 2.25. The lowest BCUT2D eigenvalue weighted by atomic mass is 10.1.